The van der Waals surface area contributed by atoms with Crippen molar-refractivity contribution in [2.24, 2.45) is 0 Å². The normalized spacial score (nSPS) is 11.9. The van der Waals surface area contributed by atoms with E-state index in [4.69, 9.17) is 20.8 Å². The number of methoxy groups -OCH3 is 1. The van der Waals surface area contributed by atoms with Crippen molar-refractivity contribution in [1.29, 1.82) is 0 Å². The van der Waals surface area contributed by atoms with Crippen LogP contribution in [0.25, 0.3) is 0 Å². The van der Waals surface area contributed by atoms with E-state index in [1.165, 1.54) is 12.1 Å². The molecule has 1 amide bonds. The molecule has 2 N–H and O–H groups in total. The standard InChI is InChI=1S/C14H14ClNO4/c1-19-10-4-2-9(3-5-10)11(17)8-16-14(18)12-6-7-13(15)20-12/h2-7,11,17H,8H2,1H3,(H,16,18). The number of benzene rings is 1. The molecule has 0 aliphatic rings. The highest BCUT2D eigenvalue weighted by Crippen LogP contribution is 2.17. The second-order valence-electron chi connectivity index (χ2n) is 4.10. The first-order valence-corrected chi connectivity index (χ1v) is 6.33. The van der Waals surface area contributed by atoms with Crippen LogP contribution in [-0.2, 0) is 0 Å². The fourth-order valence-electron chi connectivity index (χ4n) is 1.66. The minimum atomic E-state index is -0.810. The van der Waals surface area contributed by atoms with Gasteiger partial charge in [-0.05, 0) is 41.4 Å². The van der Waals surface area contributed by atoms with E-state index in [0.717, 1.165) is 0 Å². The third-order valence-corrected chi connectivity index (χ3v) is 2.96. The molecule has 1 aromatic carbocycles. The number of ether oxygens (including phenoxy) is 1. The van der Waals surface area contributed by atoms with E-state index in [9.17, 15) is 9.90 Å². The van der Waals surface area contributed by atoms with Gasteiger partial charge in [0.1, 0.15) is 5.75 Å². The summed E-state index contributed by atoms with van der Waals surface area (Å²) in [6.45, 7) is 0.0729. The summed E-state index contributed by atoms with van der Waals surface area (Å²) in [5.74, 6) is 0.386. The Labute approximate surface area is 121 Å². The van der Waals surface area contributed by atoms with Gasteiger partial charge in [0, 0.05) is 6.54 Å². The molecule has 0 saturated heterocycles. The molecule has 1 atom stereocenters. The van der Waals surface area contributed by atoms with E-state index in [-0.39, 0.29) is 17.5 Å². The third kappa shape index (κ3) is 3.53. The average Bonchev–Trinajstić information content (AvgIpc) is 2.91. The molecule has 0 radical (unpaired) electrons. The van der Waals surface area contributed by atoms with Gasteiger partial charge in [-0.1, -0.05) is 12.1 Å². The molecule has 20 heavy (non-hydrogen) atoms. The number of furan rings is 1. The molecular formula is C14H14ClNO4. The second-order valence-corrected chi connectivity index (χ2v) is 4.48. The van der Waals surface area contributed by atoms with Crippen LogP contribution in [0.15, 0.2) is 40.8 Å². The molecule has 1 unspecified atom stereocenters. The molecule has 0 saturated carbocycles. The molecule has 0 spiro atoms. The highest BCUT2D eigenvalue weighted by atomic mass is 35.5. The SMILES string of the molecule is COc1ccc(C(O)CNC(=O)c2ccc(Cl)o2)cc1. The highest BCUT2D eigenvalue weighted by molar-refractivity contribution is 6.29. The van der Waals surface area contributed by atoms with Crippen molar-refractivity contribution in [3.8, 4) is 5.75 Å². The third-order valence-electron chi connectivity index (χ3n) is 2.75. The zero-order valence-electron chi connectivity index (χ0n) is 10.8. The smallest absolute Gasteiger partial charge is 0.287 e. The number of carbonyl (C=O) groups is 1. The van der Waals surface area contributed by atoms with Gasteiger partial charge in [0.2, 0.25) is 0 Å². The van der Waals surface area contributed by atoms with Crippen molar-refractivity contribution < 1.29 is 19.1 Å². The molecule has 0 aliphatic carbocycles. The van der Waals surface area contributed by atoms with Crippen LogP contribution in [0, 0.1) is 0 Å². The van der Waals surface area contributed by atoms with Gasteiger partial charge in [0.25, 0.3) is 5.91 Å². The van der Waals surface area contributed by atoms with Crippen molar-refractivity contribution in [1.82, 2.24) is 5.32 Å². The lowest BCUT2D eigenvalue weighted by atomic mass is 10.1. The summed E-state index contributed by atoms with van der Waals surface area (Å²) in [6, 6.07) is 9.91. The topological polar surface area (TPSA) is 71.7 Å². The van der Waals surface area contributed by atoms with Crippen molar-refractivity contribution >= 4 is 17.5 Å². The number of carbonyl (C=O) groups excluding carboxylic acids is 1. The van der Waals surface area contributed by atoms with Crippen molar-refractivity contribution in [2.75, 3.05) is 13.7 Å². The average molecular weight is 296 g/mol. The lowest BCUT2D eigenvalue weighted by molar-refractivity contribution is 0.0889. The molecule has 106 valence electrons. The fourth-order valence-corrected chi connectivity index (χ4v) is 1.80. The Morgan fingerprint density at radius 3 is 2.60 bits per heavy atom. The Bertz CT molecular complexity index is 579. The maximum Gasteiger partial charge on any atom is 0.287 e. The largest absolute Gasteiger partial charge is 0.497 e. The minimum Gasteiger partial charge on any atom is -0.497 e. The zero-order chi connectivity index (χ0) is 14.5. The molecule has 5 nitrogen and oxygen atoms in total. The van der Waals surface area contributed by atoms with Crippen molar-refractivity contribution in [3.05, 3.63) is 52.9 Å². The monoisotopic (exact) mass is 295 g/mol. The maximum atomic E-state index is 11.7. The van der Waals surface area contributed by atoms with Crippen LogP contribution in [0.4, 0.5) is 0 Å². The van der Waals surface area contributed by atoms with Gasteiger partial charge in [-0.25, -0.2) is 0 Å². The van der Waals surface area contributed by atoms with Crippen molar-refractivity contribution in [3.63, 3.8) is 0 Å². The van der Waals surface area contributed by atoms with E-state index in [2.05, 4.69) is 5.32 Å². The predicted octanol–water partition coefficient (Wildman–Crippen LogP) is 2.41. The second kappa shape index (κ2) is 6.45. The zero-order valence-corrected chi connectivity index (χ0v) is 11.6. The van der Waals surface area contributed by atoms with Gasteiger partial charge in [0.15, 0.2) is 11.0 Å². The molecule has 2 rings (SSSR count). The summed E-state index contributed by atoms with van der Waals surface area (Å²) in [5.41, 5.74) is 0.684. The van der Waals surface area contributed by atoms with Crippen molar-refractivity contribution in [2.45, 2.75) is 6.10 Å². The number of aliphatic hydroxyl groups is 1. The fraction of sp³-hybridized carbons (Fsp3) is 0.214. The lowest BCUT2D eigenvalue weighted by Gasteiger charge is -2.12. The molecule has 2 aromatic rings. The number of halogens is 1. The van der Waals surface area contributed by atoms with Gasteiger partial charge < -0.3 is 19.6 Å². The Morgan fingerprint density at radius 2 is 2.05 bits per heavy atom. The molecule has 6 heteroatoms. The molecule has 0 aliphatic heterocycles. The molecule has 1 aromatic heterocycles. The Hall–Kier alpha value is -1.98. The molecular weight excluding hydrogens is 282 g/mol. The van der Waals surface area contributed by atoms with E-state index in [1.807, 2.05) is 0 Å². The first-order chi connectivity index (χ1) is 9.60. The Balaban J connectivity index is 1.91. The number of hydrogen-bond donors (Lipinski definition) is 2. The summed E-state index contributed by atoms with van der Waals surface area (Å²) in [6.07, 6.45) is -0.810. The first-order valence-electron chi connectivity index (χ1n) is 5.95. The summed E-state index contributed by atoms with van der Waals surface area (Å²) in [5, 5.41) is 12.7. The predicted molar refractivity (Wildman–Crippen MR) is 74.0 cm³/mol. The quantitative estimate of drug-likeness (QED) is 0.888. The van der Waals surface area contributed by atoms with Crippen LogP contribution in [0.3, 0.4) is 0 Å². The summed E-state index contributed by atoms with van der Waals surface area (Å²) >= 11 is 5.58. The Kier molecular flexibility index (Phi) is 4.65. The molecule has 0 fully saturated rings. The van der Waals surface area contributed by atoms with E-state index in [0.29, 0.717) is 11.3 Å². The number of hydrogen-bond acceptors (Lipinski definition) is 4. The van der Waals surface area contributed by atoms with Gasteiger partial charge in [-0.15, -0.1) is 0 Å². The minimum absolute atomic E-state index is 0.0729. The first kappa shape index (κ1) is 14.4. The van der Waals surface area contributed by atoms with Crippen LogP contribution >= 0.6 is 11.6 Å². The van der Waals surface area contributed by atoms with Crippen LogP contribution in [0.5, 0.6) is 5.75 Å². The number of rotatable bonds is 5. The van der Waals surface area contributed by atoms with Crippen LogP contribution in [0.2, 0.25) is 5.22 Å². The molecule has 0 bridgehead atoms. The highest BCUT2D eigenvalue weighted by Gasteiger charge is 2.13. The van der Waals surface area contributed by atoms with Crippen LogP contribution in [-0.4, -0.2) is 24.7 Å². The lowest BCUT2D eigenvalue weighted by Crippen LogP contribution is -2.28. The Morgan fingerprint density at radius 1 is 1.35 bits per heavy atom. The van der Waals surface area contributed by atoms with Gasteiger partial charge >= 0.3 is 0 Å². The van der Waals surface area contributed by atoms with Gasteiger partial charge in [-0.3, -0.25) is 4.79 Å². The van der Waals surface area contributed by atoms with E-state index < -0.39 is 12.0 Å². The number of amides is 1. The maximum absolute atomic E-state index is 11.7. The summed E-state index contributed by atoms with van der Waals surface area (Å²) in [4.78, 5) is 11.7. The van der Waals surface area contributed by atoms with E-state index in [1.54, 1.807) is 31.4 Å². The number of nitrogens with one attached hydrogen (secondary N) is 1. The van der Waals surface area contributed by atoms with Gasteiger partial charge in [-0.2, -0.15) is 0 Å². The van der Waals surface area contributed by atoms with Gasteiger partial charge in [0.05, 0.1) is 13.2 Å². The molecule has 1 heterocycles. The summed E-state index contributed by atoms with van der Waals surface area (Å²) in [7, 11) is 1.57. The van der Waals surface area contributed by atoms with E-state index >= 15 is 0 Å². The number of aliphatic hydroxyl groups excluding tert-OH is 1. The van der Waals surface area contributed by atoms with Crippen LogP contribution < -0.4 is 10.1 Å². The summed E-state index contributed by atoms with van der Waals surface area (Å²) < 4.78 is 10.00. The van der Waals surface area contributed by atoms with Crippen LogP contribution in [0.1, 0.15) is 22.2 Å².